The summed E-state index contributed by atoms with van der Waals surface area (Å²) >= 11 is 0. The third kappa shape index (κ3) is 4.25. The van der Waals surface area contributed by atoms with Gasteiger partial charge in [-0.15, -0.1) is 0 Å². The van der Waals surface area contributed by atoms with Gasteiger partial charge in [0, 0.05) is 13.3 Å². The molecule has 2 aliphatic rings. The van der Waals surface area contributed by atoms with Gasteiger partial charge < -0.3 is 14.9 Å². The molecule has 9 heteroatoms. The number of rotatable bonds is 5. The van der Waals surface area contributed by atoms with Crippen LogP contribution in [0.1, 0.15) is 37.7 Å². The third-order valence-corrected chi connectivity index (χ3v) is 4.81. The standard InChI is InChI=1S/C18H22FN3O5/c1-10(23)20-17-9-22(18(25)27-17)12-4-5-13(14(19)8-12)11-3-6-15(21-26-2)16(24)7-11/h4-5,8,11,15,17,21H,3,6-7,9H2,1-2H3,(H,20,23). The normalized spacial score (nSPS) is 25.4. The monoisotopic (exact) mass is 379 g/mol. The van der Waals surface area contributed by atoms with E-state index in [1.165, 1.54) is 25.0 Å². The summed E-state index contributed by atoms with van der Waals surface area (Å²) in [5.74, 6) is -1.02. The number of halogens is 1. The van der Waals surface area contributed by atoms with E-state index in [2.05, 4.69) is 10.8 Å². The summed E-state index contributed by atoms with van der Waals surface area (Å²) in [6, 6.07) is 4.13. The number of carbonyl (C=O) groups is 3. The molecule has 3 unspecified atom stereocenters. The van der Waals surface area contributed by atoms with Gasteiger partial charge >= 0.3 is 6.09 Å². The summed E-state index contributed by atoms with van der Waals surface area (Å²) in [5.41, 5.74) is 3.45. The Balaban J connectivity index is 1.70. The number of ether oxygens (including phenoxy) is 1. The second-order valence-corrected chi connectivity index (χ2v) is 6.71. The smallest absolute Gasteiger partial charge is 0.416 e. The van der Waals surface area contributed by atoms with Gasteiger partial charge in [-0.1, -0.05) is 6.07 Å². The maximum Gasteiger partial charge on any atom is 0.416 e. The lowest BCUT2D eigenvalue weighted by Gasteiger charge is -2.28. The van der Waals surface area contributed by atoms with E-state index in [0.29, 0.717) is 24.1 Å². The van der Waals surface area contributed by atoms with Crippen LogP contribution in [-0.2, 0) is 19.2 Å². The van der Waals surface area contributed by atoms with Gasteiger partial charge in [-0.2, -0.15) is 5.48 Å². The van der Waals surface area contributed by atoms with Gasteiger partial charge in [0.15, 0.2) is 12.0 Å². The molecule has 3 rings (SSSR count). The minimum Gasteiger partial charge on any atom is -0.423 e. The average Bonchev–Trinajstić information content (AvgIpc) is 2.96. The van der Waals surface area contributed by atoms with Gasteiger partial charge in [0.1, 0.15) is 5.82 Å². The number of amides is 2. The van der Waals surface area contributed by atoms with Crippen LogP contribution >= 0.6 is 0 Å². The van der Waals surface area contributed by atoms with Crippen LogP contribution in [0.15, 0.2) is 18.2 Å². The Bertz CT molecular complexity index is 757. The quantitative estimate of drug-likeness (QED) is 0.755. The van der Waals surface area contributed by atoms with Crippen molar-refractivity contribution in [2.75, 3.05) is 18.6 Å². The Hall–Kier alpha value is -2.52. The SMILES string of the molecule is CONC1CCC(c2ccc(N3CC(NC(C)=O)OC3=O)cc2F)CC1=O. The first-order valence-electron chi connectivity index (χ1n) is 8.75. The van der Waals surface area contributed by atoms with E-state index in [4.69, 9.17) is 9.57 Å². The highest BCUT2D eigenvalue weighted by molar-refractivity contribution is 5.90. The Morgan fingerprint density at radius 2 is 2.11 bits per heavy atom. The average molecular weight is 379 g/mol. The second-order valence-electron chi connectivity index (χ2n) is 6.71. The van der Waals surface area contributed by atoms with Crippen LogP contribution in [0.2, 0.25) is 0 Å². The fourth-order valence-corrected chi connectivity index (χ4v) is 3.54. The first kappa shape index (κ1) is 19.2. The van der Waals surface area contributed by atoms with Crippen molar-refractivity contribution in [3.8, 4) is 0 Å². The number of ketones is 1. The van der Waals surface area contributed by atoms with Crippen molar-refractivity contribution in [3.05, 3.63) is 29.6 Å². The Morgan fingerprint density at radius 3 is 2.74 bits per heavy atom. The van der Waals surface area contributed by atoms with Crippen molar-refractivity contribution in [3.63, 3.8) is 0 Å². The largest absolute Gasteiger partial charge is 0.423 e. The van der Waals surface area contributed by atoms with Crippen LogP contribution in [0.25, 0.3) is 0 Å². The molecule has 0 aromatic heterocycles. The lowest BCUT2D eigenvalue weighted by molar-refractivity contribution is -0.126. The number of hydrogen-bond acceptors (Lipinski definition) is 6. The van der Waals surface area contributed by atoms with Crippen molar-refractivity contribution in [2.24, 2.45) is 0 Å². The summed E-state index contributed by atoms with van der Waals surface area (Å²) in [4.78, 5) is 41.3. The topological polar surface area (TPSA) is 97.0 Å². The minimum atomic E-state index is -0.765. The molecule has 0 spiro atoms. The number of benzene rings is 1. The molecule has 2 fully saturated rings. The summed E-state index contributed by atoms with van der Waals surface area (Å²) in [6.45, 7) is 1.42. The lowest BCUT2D eigenvalue weighted by atomic mass is 9.81. The van der Waals surface area contributed by atoms with E-state index < -0.39 is 18.1 Å². The summed E-state index contributed by atoms with van der Waals surface area (Å²) in [6.07, 6.45) is 0.0312. The molecular formula is C18H22FN3O5. The number of hydrogen-bond donors (Lipinski definition) is 2. The van der Waals surface area contributed by atoms with Crippen LogP contribution in [0, 0.1) is 5.82 Å². The molecule has 1 aromatic rings. The number of nitrogens with one attached hydrogen (secondary N) is 2. The molecule has 1 saturated carbocycles. The van der Waals surface area contributed by atoms with Crippen LogP contribution in [-0.4, -0.2) is 43.7 Å². The second kappa shape index (κ2) is 8.01. The molecule has 2 amide bonds. The van der Waals surface area contributed by atoms with Crippen molar-refractivity contribution in [2.45, 2.75) is 44.4 Å². The molecular weight excluding hydrogens is 357 g/mol. The van der Waals surface area contributed by atoms with E-state index in [1.54, 1.807) is 12.1 Å². The zero-order valence-electron chi connectivity index (χ0n) is 15.2. The zero-order chi connectivity index (χ0) is 19.6. The fourth-order valence-electron chi connectivity index (χ4n) is 3.54. The zero-order valence-corrected chi connectivity index (χ0v) is 15.2. The maximum atomic E-state index is 14.7. The lowest BCUT2D eigenvalue weighted by Crippen LogP contribution is -2.40. The highest BCUT2D eigenvalue weighted by Crippen LogP contribution is 2.34. The Kier molecular flexibility index (Phi) is 5.71. The van der Waals surface area contributed by atoms with Crippen molar-refractivity contribution in [1.29, 1.82) is 0 Å². The van der Waals surface area contributed by atoms with Crippen LogP contribution in [0.3, 0.4) is 0 Å². The van der Waals surface area contributed by atoms with Gasteiger partial charge in [0.2, 0.25) is 5.91 Å². The predicted octanol–water partition coefficient (Wildman–Crippen LogP) is 1.60. The number of cyclic esters (lactones) is 1. The highest BCUT2D eigenvalue weighted by Gasteiger charge is 2.34. The fraction of sp³-hybridized carbons (Fsp3) is 0.500. The predicted molar refractivity (Wildman–Crippen MR) is 93.4 cm³/mol. The molecule has 27 heavy (non-hydrogen) atoms. The molecule has 0 radical (unpaired) electrons. The van der Waals surface area contributed by atoms with Crippen molar-refractivity contribution >= 4 is 23.5 Å². The Labute approximate surface area is 155 Å². The molecule has 1 aromatic carbocycles. The molecule has 1 heterocycles. The molecule has 3 atom stereocenters. The van der Waals surface area contributed by atoms with E-state index in [9.17, 15) is 18.8 Å². The number of Topliss-reactive ketones (excluding diaryl/α,β-unsaturated/α-hetero) is 1. The van der Waals surface area contributed by atoms with Gasteiger partial charge in [-0.05, 0) is 36.5 Å². The van der Waals surface area contributed by atoms with Crippen molar-refractivity contribution in [1.82, 2.24) is 10.8 Å². The minimum absolute atomic E-state index is 0.0159. The summed E-state index contributed by atoms with van der Waals surface area (Å²) in [5, 5.41) is 2.50. The van der Waals surface area contributed by atoms with E-state index in [-0.39, 0.29) is 36.6 Å². The van der Waals surface area contributed by atoms with Gasteiger partial charge in [-0.25, -0.2) is 9.18 Å². The van der Waals surface area contributed by atoms with Crippen molar-refractivity contribution < 1.29 is 28.3 Å². The Morgan fingerprint density at radius 1 is 1.33 bits per heavy atom. The van der Waals surface area contributed by atoms with Gasteiger partial charge in [-0.3, -0.25) is 14.5 Å². The first-order valence-corrected chi connectivity index (χ1v) is 8.75. The van der Waals surface area contributed by atoms with Crippen LogP contribution in [0.5, 0.6) is 0 Å². The number of hydroxylamine groups is 1. The van der Waals surface area contributed by atoms with Crippen LogP contribution < -0.4 is 15.7 Å². The summed E-state index contributed by atoms with van der Waals surface area (Å²) < 4.78 is 19.7. The molecule has 2 N–H and O–H groups in total. The van der Waals surface area contributed by atoms with E-state index >= 15 is 0 Å². The molecule has 0 bridgehead atoms. The van der Waals surface area contributed by atoms with Gasteiger partial charge in [0.25, 0.3) is 0 Å². The molecule has 1 aliphatic heterocycles. The molecule has 8 nitrogen and oxygen atoms in total. The maximum absolute atomic E-state index is 14.7. The number of carbonyl (C=O) groups excluding carboxylic acids is 3. The number of nitrogens with zero attached hydrogens (tertiary/aromatic N) is 1. The molecule has 146 valence electrons. The van der Waals surface area contributed by atoms with E-state index in [0.717, 1.165) is 0 Å². The first-order chi connectivity index (χ1) is 12.9. The molecule has 1 aliphatic carbocycles. The van der Waals surface area contributed by atoms with E-state index in [1.807, 2.05) is 0 Å². The van der Waals surface area contributed by atoms with Gasteiger partial charge in [0.05, 0.1) is 25.4 Å². The highest BCUT2D eigenvalue weighted by atomic mass is 19.1. The number of anilines is 1. The van der Waals surface area contributed by atoms with Crippen LogP contribution in [0.4, 0.5) is 14.9 Å². The third-order valence-electron chi connectivity index (χ3n) is 4.81. The summed E-state index contributed by atoms with van der Waals surface area (Å²) in [7, 11) is 1.46. The molecule has 1 saturated heterocycles.